The highest BCUT2D eigenvalue weighted by Gasteiger charge is 2.30. The SMILES string of the molecule is CC(C)N1CCN(c2ccc(Nc3ncc4c(n3)NCN(c3c(Cl)cccc3Cl)C4=O)cc2CO)CC1. The van der Waals surface area contributed by atoms with Crippen molar-refractivity contribution < 1.29 is 9.90 Å². The normalized spacial score (nSPS) is 16.1. The predicted molar refractivity (Wildman–Crippen MR) is 148 cm³/mol. The number of amides is 1. The van der Waals surface area contributed by atoms with Gasteiger partial charge in [-0.3, -0.25) is 14.6 Å². The minimum atomic E-state index is -0.292. The summed E-state index contributed by atoms with van der Waals surface area (Å²) in [5.41, 5.74) is 3.38. The van der Waals surface area contributed by atoms with Crippen LogP contribution in [0.1, 0.15) is 29.8 Å². The van der Waals surface area contributed by atoms with E-state index in [-0.39, 0.29) is 19.2 Å². The van der Waals surface area contributed by atoms with Gasteiger partial charge in [-0.1, -0.05) is 29.3 Å². The number of hydrogen-bond acceptors (Lipinski definition) is 8. The van der Waals surface area contributed by atoms with Gasteiger partial charge in [-0.05, 0) is 44.2 Å². The van der Waals surface area contributed by atoms with Crippen LogP contribution in [-0.2, 0) is 6.61 Å². The molecule has 1 aromatic heterocycles. The Morgan fingerprint density at radius 1 is 1.11 bits per heavy atom. The second-order valence-electron chi connectivity index (χ2n) is 9.34. The monoisotopic (exact) mass is 541 g/mol. The third-order valence-corrected chi connectivity index (χ3v) is 7.38. The topological polar surface area (TPSA) is 96.9 Å². The molecule has 2 aromatic carbocycles. The number of halogens is 2. The van der Waals surface area contributed by atoms with Crippen LogP contribution in [0.4, 0.5) is 28.8 Å². The van der Waals surface area contributed by atoms with Gasteiger partial charge in [0.2, 0.25) is 5.95 Å². The van der Waals surface area contributed by atoms with Gasteiger partial charge in [-0.2, -0.15) is 4.98 Å². The molecule has 194 valence electrons. The fraction of sp³-hybridized carbons (Fsp3) is 0.346. The van der Waals surface area contributed by atoms with E-state index in [1.165, 1.54) is 11.1 Å². The molecular formula is C26H29Cl2N7O2. The molecule has 0 saturated carbocycles. The molecule has 1 fully saturated rings. The number of carbonyl (C=O) groups excluding carboxylic acids is 1. The highest BCUT2D eigenvalue weighted by Crippen LogP contribution is 2.36. The summed E-state index contributed by atoms with van der Waals surface area (Å²) in [6, 6.07) is 11.5. The van der Waals surface area contributed by atoms with E-state index in [1.54, 1.807) is 18.2 Å². The maximum atomic E-state index is 13.2. The maximum absolute atomic E-state index is 13.2. The average molecular weight is 542 g/mol. The highest BCUT2D eigenvalue weighted by molar-refractivity contribution is 6.40. The van der Waals surface area contributed by atoms with E-state index >= 15 is 0 Å². The number of aliphatic hydroxyl groups is 1. The van der Waals surface area contributed by atoms with Gasteiger partial charge in [0.05, 0.1) is 29.0 Å². The molecule has 0 radical (unpaired) electrons. The third kappa shape index (κ3) is 5.17. The molecule has 3 heterocycles. The van der Waals surface area contributed by atoms with Gasteiger partial charge in [-0.25, -0.2) is 4.98 Å². The Hall–Kier alpha value is -3.11. The maximum Gasteiger partial charge on any atom is 0.265 e. The van der Waals surface area contributed by atoms with Crippen LogP contribution in [0.3, 0.4) is 0 Å². The minimum absolute atomic E-state index is 0.0726. The molecule has 37 heavy (non-hydrogen) atoms. The summed E-state index contributed by atoms with van der Waals surface area (Å²) in [5, 5.41) is 17.2. The number of fused-ring (bicyclic) bond motifs is 1. The summed E-state index contributed by atoms with van der Waals surface area (Å²) in [7, 11) is 0. The van der Waals surface area contributed by atoms with Crippen LogP contribution in [0.5, 0.6) is 0 Å². The lowest BCUT2D eigenvalue weighted by atomic mass is 10.1. The number of hydrogen-bond donors (Lipinski definition) is 3. The predicted octanol–water partition coefficient (Wildman–Crippen LogP) is 4.58. The quantitative estimate of drug-likeness (QED) is 0.417. The second kappa shape index (κ2) is 10.7. The second-order valence-corrected chi connectivity index (χ2v) is 10.2. The van der Waals surface area contributed by atoms with Gasteiger partial charge in [-0.15, -0.1) is 0 Å². The van der Waals surface area contributed by atoms with Crippen LogP contribution in [0.15, 0.2) is 42.6 Å². The van der Waals surface area contributed by atoms with Crippen molar-refractivity contribution in [2.45, 2.75) is 26.5 Å². The van der Waals surface area contributed by atoms with Gasteiger partial charge < -0.3 is 20.6 Å². The van der Waals surface area contributed by atoms with Crippen LogP contribution in [0.2, 0.25) is 10.0 Å². The molecule has 0 spiro atoms. The van der Waals surface area contributed by atoms with E-state index in [2.05, 4.69) is 44.2 Å². The first kappa shape index (κ1) is 25.5. The van der Waals surface area contributed by atoms with Crippen LogP contribution in [0.25, 0.3) is 0 Å². The Bertz CT molecular complexity index is 1290. The first-order chi connectivity index (χ1) is 17.9. The molecule has 0 aliphatic carbocycles. The summed E-state index contributed by atoms with van der Waals surface area (Å²) < 4.78 is 0. The summed E-state index contributed by atoms with van der Waals surface area (Å²) in [5.74, 6) is 0.467. The highest BCUT2D eigenvalue weighted by atomic mass is 35.5. The van der Waals surface area contributed by atoms with E-state index in [9.17, 15) is 9.90 Å². The molecule has 1 saturated heterocycles. The zero-order valence-electron chi connectivity index (χ0n) is 20.7. The van der Waals surface area contributed by atoms with E-state index in [0.29, 0.717) is 39.1 Å². The van der Waals surface area contributed by atoms with Crippen molar-refractivity contribution in [1.29, 1.82) is 0 Å². The van der Waals surface area contributed by atoms with Crippen LogP contribution < -0.4 is 20.4 Å². The first-order valence-electron chi connectivity index (χ1n) is 12.2. The number of anilines is 5. The van der Waals surface area contributed by atoms with Crippen LogP contribution in [0, 0.1) is 0 Å². The van der Waals surface area contributed by atoms with Crippen molar-refractivity contribution in [2.75, 3.05) is 53.3 Å². The molecule has 3 N–H and O–H groups in total. The number of carbonyl (C=O) groups is 1. The fourth-order valence-electron chi connectivity index (χ4n) is 4.74. The molecule has 2 aliphatic rings. The lowest BCUT2D eigenvalue weighted by Gasteiger charge is -2.38. The summed E-state index contributed by atoms with van der Waals surface area (Å²) in [6.07, 6.45) is 1.48. The van der Waals surface area contributed by atoms with E-state index in [1.807, 2.05) is 18.2 Å². The molecule has 3 aromatic rings. The molecule has 5 rings (SSSR count). The Balaban J connectivity index is 1.32. The zero-order valence-corrected chi connectivity index (χ0v) is 22.2. The number of nitrogens with one attached hydrogen (secondary N) is 2. The van der Waals surface area contributed by atoms with Crippen molar-refractivity contribution in [3.8, 4) is 0 Å². The van der Waals surface area contributed by atoms with Crippen molar-refractivity contribution in [3.63, 3.8) is 0 Å². The van der Waals surface area contributed by atoms with E-state index in [4.69, 9.17) is 23.2 Å². The van der Waals surface area contributed by atoms with Gasteiger partial charge >= 0.3 is 0 Å². The molecule has 1 amide bonds. The lowest BCUT2D eigenvalue weighted by molar-refractivity contribution is 0.0985. The van der Waals surface area contributed by atoms with Crippen molar-refractivity contribution >= 4 is 57.9 Å². The molecule has 11 heteroatoms. The minimum Gasteiger partial charge on any atom is -0.392 e. The number of aromatic nitrogens is 2. The number of nitrogens with zero attached hydrogens (tertiary/aromatic N) is 5. The molecule has 0 unspecified atom stereocenters. The van der Waals surface area contributed by atoms with Gasteiger partial charge in [0, 0.05) is 55.4 Å². The molecule has 0 atom stereocenters. The smallest absolute Gasteiger partial charge is 0.265 e. The summed E-state index contributed by atoms with van der Waals surface area (Å²) in [4.78, 5) is 28.2. The molecule has 9 nitrogen and oxygen atoms in total. The number of aliphatic hydroxyl groups excluding tert-OH is 1. The van der Waals surface area contributed by atoms with E-state index in [0.717, 1.165) is 43.1 Å². The Labute approximate surface area is 226 Å². The van der Waals surface area contributed by atoms with Gasteiger partial charge in [0.15, 0.2) is 0 Å². The molecule has 2 aliphatic heterocycles. The number of rotatable bonds is 6. The number of piperazine rings is 1. The van der Waals surface area contributed by atoms with Gasteiger partial charge in [0.25, 0.3) is 5.91 Å². The Morgan fingerprint density at radius 3 is 2.51 bits per heavy atom. The number of benzene rings is 2. The van der Waals surface area contributed by atoms with Crippen molar-refractivity contribution in [1.82, 2.24) is 14.9 Å². The summed E-state index contributed by atoms with van der Waals surface area (Å²) in [6.45, 7) is 8.36. The standard InChI is InChI=1S/C26H29Cl2N7O2/c1-16(2)33-8-10-34(11-9-33)22-7-6-18(12-17(22)14-36)31-26-29-13-19-24(32-26)30-15-35(25(19)37)23-20(27)4-3-5-21(23)28/h3-7,12-13,16,36H,8-11,14-15H2,1-2H3,(H2,29,30,31,32). The molecular weight excluding hydrogens is 513 g/mol. The summed E-state index contributed by atoms with van der Waals surface area (Å²) >= 11 is 12.6. The van der Waals surface area contributed by atoms with Crippen LogP contribution in [-0.4, -0.2) is 64.8 Å². The van der Waals surface area contributed by atoms with Crippen molar-refractivity contribution in [2.24, 2.45) is 0 Å². The Morgan fingerprint density at radius 2 is 1.84 bits per heavy atom. The lowest BCUT2D eigenvalue weighted by Crippen LogP contribution is -2.49. The van der Waals surface area contributed by atoms with Gasteiger partial charge in [0.1, 0.15) is 11.4 Å². The largest absolute Gasteiger partial charge is 0.392 e. The molecule has 0 bridgehead atoms. The average Bonchev–Trinajstić information content (AvgIpc) is 2.90. The van der Waals surface area contributed by atoms with Crippen LogP contribution >= 0.6 is 23.2 Å². The van der Waals surface area contributed by atoms with E-state index < -0.39 is 0 Å². The first-order valence-corrected chi connectivity index (χ1v) is 13.0. The third-order valence-electron chi connectivity index (χ3n) is 6.77. The van der Waals surface area contributed by atoms with Crippen molar-refractivity contribution in [3.05, 3.63) is 63.8 Å². The zero-order chi connectivity index (χ0) is 26.1. The fourth-order valence-corrected chi connectivity index (χ4v) is 5.34. The number of para-hydroxylation sites is 1. The Kier molecular flexibility index (Phi) is 7.39.